The molecule has 37 heavy (non-hydrogen) atoms. The second-order valence-electron chi connectivity index (χ2n) is 9.00. The van der Waals surface area contributed by atoms with Crippen molar-refractivity contribution in [2.24, 2.45) is 0 Å². The first-order valence-corrected chi connectivity index (χ1v) is 14.3. The monoisotopic (exact) mass is 548 g/mol. The van der Waals surface area contributed by atoms with Crippen LogP contribution in [0.2, 0.25) is 0 Å². The number of aromatic nitrogens is 1. The predicted molar refractivity (Wildman–Crippen MR) is 148 cm³/mol. The topological polar surface area (TPSA) is 92.3 Å². The molecule has 0 unspecified atom stereocenters. The minimum Gasteiger partial charge on any atom is -0.383 e. The number of nitrogens with zero attached hydrogens (tertiary/aromatic N) is 4. The van der Waals surface area contributed by atoms with Gasteiger partial charge in [-0.05, 0) is 75.9 Å². The first kappa shape index (κ1) is 29.2. The van der Waals surface area contributed by atoms with Crippen molar-refractivity contribution in [3.05, 3.63) is 53.6 Å². The molecule has 0 fully saturated rings. The third kappa shape index (κ3) is 7.56. The van der Waals surface area contributed by atoms with Gasteiger partial charge in [0.1, 0.15) is 0 Å². The first-order chi connectivity index (χ1) is 17.7. The molecule has 0 saturated heterocycles. The summed E-state index contributed by atoms with van der Waals surface area (Å²) in [5.41, 5.74) is 2.39. The maximum atomic E-state index is 13.6. The van der Waals surface area contributed by atoms with E-state index in [0.29, 0.717) is 17.2 Å². The molecule has 1 aromatic heterocycles. The molecule has 0 aliphatic carbocycles. The molecule has 0 N–H and O–H groups in total. The fraction of sp³-hybridized carbons (Fsp3) is 0.462. The van der Waals surface area contributed by atoms with Crippen LogP contribution >= 0.6 is 11.3 Å². The molecule has 2 aromatic carbocycles. The number of anilines is 1. The average Bonchev–Trinajstić information content (AvgIpc) is 3.29. The molecular weight excluding hydrogens is 512 g/mol. The number of rotatable bonds is 14. The SMILES string of the molecule is COCCN(CCOC)S(=O)(=O)c1ccc(C(=O)N(CCCN(C)C)c2nc3ccc(C)cc3s2)cc1. The summed E-state index contributed by atoms with van der Waals surface area (Å²) >= 11 is 1.48. The highest BCUT2D eigenvalue weighted by atomic mass is 32.2. The molecule has 0 spiro atoms. The van der Waals surface area contributed by atoms with E-state index in [9.17, 15) is 13.2 Å². The molecule has 0 bridgehead atoms. The summed E-state index contributed by atoms with van der Waals surface area (Å²) in [4.78, 5) is 22.2. The number of carbonyl (C=O) groups excluding carboxylic acids is 1. The van der Waals surface area contributed by atoms with E-state index in [1.165, 1.54) is 42.0 Å². The highest BCUT2D eigenvalue weighted by Crippen LogP contribution is 2.31. The van der Waals surface area contributed by atoms with Gasteiger partial charge in [-0.15, -0.1) is 0 Å². The second kappa shape index (κ2) is 13.4. The van der Waals surface area contributed by atoms with E-state index in [1.807, 2.05) is 33.2 Å². The number of carbonyl (C=O) groups is 1. The Bertz CT molecular complexity index is 1270. The largest absolute Gasteiger partial charge is 0.383 e. The van der Waals surface area contributed by atoms with Crippen LogP contribution in [0.15, 0.2) is 47.4 Å². The summed E-state index contributed by atoms with van der Waals surface area (Å²) in [6.07, 6.45) is 0.772. The first-order valence-electron chi connectivity index (χ1n) is 12.1. The van der Waals surface area contributed by atoms with Gasteiger partial charge < -0.3 is 14.4 Å². The fourth-order valence-electron chi connectivity index (χ4n) is 3.78. The molecular formula is C26H36N4O5S2. The van der Waals surface area contributed by atoms with Gasteiger partial charge in [-0.3, -0.25) is 9.69 Å². The Hall–Kier alpha value is -2.41. The van der Waals surface area contributed by atoms with E-state index in [2.05, 4.69) is 11.0 Å². The summed E-state index contributed by atoms with van der Waals surface area (Å²) in [6.45, 7) is 4.30. The lowest BCUT2D eigenvalue weighted by Gasteiger charge is -2.22. The summed E-state index contributed by atoms with van der Waals surface area (Å²) in [7, 11) is 3.27. The quantitative estimate of drug-likeness (QED) is 0.305. The molecule has 9 nitrogen and oxygen atoms in total. The third-order valence-corrected chi connectivity index (χ3v) is 8.78. The van der Waals surface area contributed by atoms with Crippen molar-refractivity contribution < 1.29 is 22.7 Å². The smallest absolute Gasteiger partial charge is 0.260 e. The predicted octanol–water partition coefficient (Wildman–Crippen LogP) is 3.49. The maximum Gasteiger partial charge on any atom is 0.260 e. The van der Waals surface area contributed by atoms with Crippen LogP contribution in [0.3, 0.4) is 0 Å². The van der Waals surface area contributed by atoms with Gasteiger partial charge in [-0.25, -0.2) is 13.4 Å². The highest BCUT2D eigenvalue weighted by molar-refractivity contribution is 7.89. The maximum absolute atomic E-state index is 13.6. The molecule has 0 aliphatic rings. The van der Waals surface area contributed by atoms with Gasteiger partial charge in [-0.1, -0.05) is 17.4 Å². The van der Waals surface area contributed by atoms with Crippen molar-refractivity contribution in [3.8, 4) is 0 Å². The second-order valence-corrected chi connectivity index (χ2v) is 11.9. The number of amides is 1. The van der Waals surface area contributed by atoms with Crippen LogP contribution in [0.1, 0.15) is 22.3 Å². The van der Waals surface area contributed by atoms with Gasteiger partial charge >= 0.3 is 0 Å². The number of thiazole rings is 1. The molecule has 0 atom stereocenters. The van der Waals surface area contributed by atoms with Crippen molar-refractivity contribution >= 4 is 42.6 Å². The summed E-state index contributed by atoms with van der Waals surface area (Å²) < 4.78 is 38.9. The molecule has 11 heteroatoms. The number of methoxy groups -OCH3 is 2. The Morgan fingerprint density at radius 3 is 2.19 bits per heavy atom. The number of benzene rings is 2. The van der Waals surface area contributed by atoms with Gasteiger partial charge in [-0.2, -0.15) is 4.31 Å². The zero-order valence-corrected chi connectivity index (χ0v) is 23.8. The van der Waals surface area contributed by atoms with Crippen molar-refractivity contribution in [2.75, 3.05) is 72.6 Å². The minimum atomic E-state index is -3.77. The van der Waals surface area contributed by atoms with Gasteiger partial charge in [0.25, 0.3) is 5.91 Å². The average molecular weight is 549 g/mol. The number of fused-ring (bicyclic) bond motifs is 1. The van der Waals surface area contributed by atoms with Gasteiger partial charge in [0, 0.05) is 39.4 Å². The molecule has 3 aromatic rings. The summed E-state index contributed by atoms with van der Waals surface area (Å²) in [5.74, 6) is -0.214. The molecule has 0 saturated carbocycles. The van der Waals surface area contributed by atoms with E-state index < -0.39 is 10.0 Å². The van der Waals surface area contributed by atoms with E-state index in [0.717, 1.165) is 28.7 Å². The zero-order valence-electron chi connectivity index (χ0n) is 22.1. The zero-order chi connectivity index (χ0) is 27.0. The Morgan fingerprint density at radius 1 is 0.946 bits per heavy atom. The lowest BCUT2D eigenvalue weighted by molar-refractivity contribution is 0.0986. The molecule has 1 amide bonds. The Kier molecular flexibility index (Phi) is 10.6. The van der Waals surface area contributed by atoms with Crippen LogP contribution in [-0.2, 0) is 19.5 Å². The van der Waals surface area contributed by atoms with E-state index in [4.69, 9.17) is 14.5 Å². The number of hydrogen-bond donors (Lipinski definition) is 0. The van der Waals surface area contributed by atoms with Crippen LogP contribution in [0.25, 0.3) is 10.2 Å². The number of sulfonamides is 1. The molecule has 202 valence electrons. The van der Waals surface area contributed by atoms with Crippen LogP contribution in [0.5, 0.6) is 0 Å². The number of aryl methyl sites for hydroxylation is 1. The Balaban J connectivity index is 1.88. The van der Waals surface area contributed by atoms with Gasteiger partial charge in [0.2, 0.25) is 10.0 Å². The molecule has 0 radical (unpaired) electrons. The molecule has 0 aliphatic heterocycles. The number of hydrogen-bond acceptors (Lipinski definition) is 8. The van der Waals surface area contributed by atoms with Crippen molar-refractivity contribution in [1.82, 2.24) is 14.2 Å². The summed E-state index contributed by atoms with van der Waals surface area (Å²) in [6, 6.07) is 12.1. The lowest BCUT2D eigenvalue weighted by Crippen LogP contribution is -2.36. The number of ether oxygens (including phenoxy) is 2. The van der Waals surface area contributed by atoms with E-state index >= 15 is 0 Å². The van der Waals surface area contributed by atoms with E-state index in [1.54, 1.807) is 17.0 Å². The van der Waals surface area contributed by atoms with Gasteiger partial charge in [0.05, 0.1) is 28.3 Å². The lowest BCUT2D eigenvalue weighted by atomic mass is 10.2. The van der Waals surface area contributed by atoms with Crippen LogP contribution in [-0.4, -0.2) is 96.2 Å². The Morgan fingerprint density at radius 2 is 1.59 bits per heavy atom. The fourth-order valence-corrected chi connectivity index (χ4v) is 6.27. The minimum absolute atomic E-state index is 0.117. The van der Waals surface area contributed by atoms with Gasteiger partial charge in [0.15, 0.2) is 5.13 Å². The summed E-state index contributed by atoms with van der Waals surface area (Å²) in [5, 5.41) is 0.631. The molecule has 3 rings (SSSR count). The van der Waals surface area contributed by atoms with Crippen molar-refractivity contribution in [2.45, 2.75) is 18.2 Å². The van der Waals surface area contributed by atoms with Crippen molar-refractivity contribution in [3.63, 3.8) is 0 Å². The normalized spacial score (nSPS) is 12.1. The standard InChI is InChI=1S/C26H36N4O5S2/c1-20-7-12-23-24(19-20)36-26(27-23)30(14-6-13-28(2)3)25(31)21-8-10-22(11-9-21)37(32,33)29(15-17-34-4)16-18-35-5/h7-12,19H,6,13-18H2,1-5H3. The van der Waals surface area contributed by atoms with Crippen molar-refractivity contribution in [1.29, 1.82) is 0 Å². The molecule has 1 heterocycles. The van der Waals surface area contributed by atoms with E-state index in [-0.39, 0.29) is 37.1 Å². The highest BCUT2D eigenvalue weighted by Gasteiger charge is 2.26. The third-order valence-electron chi connectivity index (χ3n) is 5.82. The van der Waals surface area contributed by atoms with Crippen LogP contribution in [0, 0.1) is 6.92 Å². The van der Waals surface area contributed by atoms with Crippen LogP contribution < -0.4 is 4.90 Å². The van der Waals surface area contributed by atoms with Crippen LogP contribution in [0.4, 0.5) is 5.13 Å². The Labute approximate surface area is 223 Å².